The van der Waals surface area contributed by atoms with Gasteiger partial charge in [-0.2, -0.15) is 0 Å². The van der Waals surface area contributed by atoms with E-state index in [1.54, 1.807) is 0 Å². The van der Waals surface area contributed by atoms with E-state index in [-0.39, 0.29) is 6.10 Å². The van der Waals surface area contributed by atoms with Gasteiger partial charge in [0.25, 0.3) is 0 Å². The van der Waals surface area contributed by atoms with E-state index in [4.69, 9.17) is 0 Å². The lowest BCUT2D eigenvalue weighted by Crippen LogP contribution is -2.57. The summed E-state index contributed by atoms with van der Waals surface area (Å²) < 4.78 is 0. The van der Waals surface area contributed by atoms with Gasteiger partial charge in [-0.3, -0.25) is 0 Å². The summed E-state index contributed by atoms with van der Waals surface area (Å²) in [6.45, 7) is 6.90. The van der Waals surface area contributed by atoms with Crippen molar-refractivity contribution in [2.75, 3.05) is 0 Å². The average Bonchev–Trinajstić information content (AvgIpc) is 1.84. The van der Waals surface area contributed by atoms with Crippen LogP contribution in [0.25, 0.3) is 0 Å². The minimum absolute atomic E-state index is 0.00926. The maximum atomic E-state index is 9.72. The Labute approximate surface area is 68.8 Å². The molecule has 11 heavy (non-hydrogen) atoms. The Morgan fingerprint density at radius 3 is 2.18 bits per heavy atom. The van der Waals surface area contributed by atoms with E-state index in [0.717, 1.165) is 18.3 Å². The zero-order chi connectivity index (χ0) is 8.22. The number of hydrogen-bond donors (Lipinski definition) is 1. The number of hydrogen-bond acceptors (Lipinski definition) is 1. The number of aliphatic hydroxyl groups excluding tert-OH is 1. The zero-order valence-electron chi connectivity index (χ0n) is 7.67. The quantitative estimate of drug-likeness (QED) is 0.566. The first kappa shape index (κ1) is 7.60. The molecule has 0 aromatic rings. The van der Waals surface area contributed by atoms with Crippen LogP contribution in [0.1, 0.15) is 33.6 Å². The van der Waals surface area contributed by atoms with Gasteiger partial charge in [0.2, 0.25) is 0 Å². The van der Waals surface area contributed by atoms with Gasteiger partial charge in [0, 0.05) is 0 Å². The van der Waals surface area contributed by atoms with E-state index in [1.165, 1.54) is 6.42 Å². The van der Waals surface area contributed by atoms with E-state index >= 15 is 0 Å². The minimum Gasteiger partial charge on any atom is -0.393 e. The van der Waals surface area contributed by atoms with Gasteiger partial charge < -0.3 is 5.11 Å². The highest BCUT2D eigenvalue weighted by molar-refractivity contribution is 5.05. The van der Waals surface area contributed by atoms with Gasteiger partial charge >= 0.3 is 0 Å². The molecule has 1 nitrogen and oxygen atoms in total. The summed E-state index contributed by atoms with van der Waals surface area (Å²) in [5.41, 5.74) is 0.428. The fourth-order valence-electron chi connectivity index (χ4n) is 3.32. The van der Waals surface area contributed by atoms with Crippen LogP contribution in [-0.2, 0) is 0 Å². The van der Waals surface area contributed by atoms with Crippen LogP contribution in [0.3, 0.4) is 0 Å². The van der Waals surface area contributed by atoms with Crippen LogP contribution < -0.4 is 0 Å². The van der Waals surface area contributed by atoms with Gasteiger partial charge in [-0.25, -0.2) is 0 Å². The Balaban J connectivity index is 2.20. The van der Waals surface area contributed by atoms with Crippen LogP contribution in [0.5, 0.6) is 0 Å². The fourth-order valence-corrected chi connectivity index (χ4v) is 3.32. The molecule has 0 saturated heterocycles. The summed E-state index contributed by atoms with van der Waals surface area (Å²) in [4.78, 5) is 0. The highest BCUT2D eigenvalue weighted by Crippen LogP contribution is 2.61. The largest absolute Gasteiger partial charge is 0.393 e. The van der Waals surface area contributed by atoms with Crippen molar-refractivity contribution >= 4 is 0 Å². The second kappa shape index (κ2) is 2.01. The van der Waals surface area contributed by atoms with Crippen molar-refractivity contribution in [1.82, 2.24) is 0 Å². The molecule has 3 aliphatic rings. The molecule has 3 saturated carbocycles. The number of fused-ring (bicyclic) bond motifs is 2. The molecule has 3 rings (SSSR count). The van der Waals surface area contributed by atoms with Crippen LogP contribution >= 0.6 is 0 Å². The molecule has 1 N–H and O–H groups in total. The van der Waals surface area contributed by atoms with Crippen molar-refractivity contribution in [3.8, 4) is 0 Å². The van der Waals surface area contributed by atoms with Gasteiger partial charge in [-0.1, -0.05) is 20.8 Å². The average molecular weight is 154 g/mol. The first-order valence-corrected chi connectivity index (χ1v) is 4.71. The predicted molar refractivity (Wildman–Crippen MR) is 45.2 cm³/mol. The summed E-state index contributed by atoms with van der Waals surface area (Å²) >= 11 is 0. The molecule has 0 amide bonds. The molecule has 0 heterocycles. The van der Waals surface area contributed by atoms with Crippen LogP contribution in [0, 0.1) is 23.2 Å². The van der Waals surface area contributed by atoms with E-state index < -0.39 is 0 Å². The first-order chi connectivity index (χ1) is 5.03. The molecule has 0 aromatic carbocycles. The third-order valence-electron chi connectivity index (χ3n) is 4.18. The van der Waals surface area contributed by atoms with Crippen molar-refractivity contribution in [3.63, 3.8) is 0 Å². The highest BCUT2D eigenvalue weighted by atomic mass is 16.3. The van der Waals surface area contributed by atoms with Crippen molar-refractivity contribution in [2.45, 2.75) is 39.7 Å². The molecule has 3 fully saturated rings. The van der Waals surface area contributed by atoms with Crippen LogP contribution in [0.2, 0.25) is 0 Å². The standard InChI is InChI=1S/C10H18O/c1-6-4-9(11)8-5-7(6)10(8,2)3/h6-9,11H,4-5H2,1-3H3/t6-,7-,8-,9+/m1/s1. The smallest absolute Gasteiger partial charge is 0.0576 e. The summed E-state index contributed by atoms with van der Waals surface area (Å²) in [6.07, 6.45) is 2.30. The lowest BCUT2D eigenvalue weighted by Gasteiger charge is -2.61. The molecular formula is C10H18O. The number of rotatable bonds is 0. The molecule has 0 unspecified atom stereocenters. The van der Waals surface area contributed by atoms with Gasteiger partial charge in [0.05, 0.1) is 6.10 Å². The number of aliphatic hydroxyl groups is 1. The highest BCUT2D eigenvalue weighted by Gasteiger charge is 2.56. The second-order valence-corrected chi connectivity index (χ2v) is 5.05. The summed E-state index contributed by atoms with van der Waals surface area (Å²) in [6, 6.07) is 0. The topological polar surface area (TPSA) is 20.2 Å². The Morgan fingerprint density at radius 1 is 1.18 bits per heavy atom. The molecule has 64 valence electrons. The maximum absolute atomic E-state index is 9.72. The van der Waals surface area contributed by atoms with E-state index in [2.05, 4.69) is 20.8 Å². The molecule has 4 atom stereocenters. The molecule has 3 aliphatic carbocycles. The SMILES string of the molecule is C[C@@H]1C[C@H](O)[C@H]2C[C@H]1C2(C)C. The molecular weight excluding hydrogens is 136 g/mol. The second-order valence-electron chi connectivity index (χ2n) is 5.05. The van der Waals surface area contributed by atoms with E-state index in [1.807, 2.05) is 0 Å². The van der Waals surface area contributed by atoms with Crippen molar-refractivity contribution in [1.29, 1.82) is 0 Å². The van der Waals surface area contributed by atoms with E-state index in [0.29, 0.717) is 11.3 Å². The Hall–Kier alpha value is -0.0400. The third-order valence-corrected chi connectivity index (χ3v) is 4.18. The first-order valence-electron chi connectivity index (χ1n) is 4.71. The van der Waals surface area contributed by atoms with E-state index in [9.17, 15) is 5.11 Å². The van der Waals surface area contributed by atoms with Crippen molar-refractivity contribution in [2.24, 2.45) is 23.2 Å². The van der Waals surface area contributed by atoms with Crippen molar-refractivity contribution < 1.29 is 5.11 Å². The summed E-state index contributed by atoms with van der Waals surface area (Å²) in [7, 11) is 0. The Kier molecular flexibility index (Phi) is 1.39. The Bertz CT molecular complexity index is 158. The van der Waals surface area contributed by atoms with Gasteiger partial charge in [-0.15, -0.1) is 0 Å². The van der Waals surface area contributed by atoms with Crippen LogP contribution in [0.15, 0.2) is 0 Å². The fraction of sp³-hybridized carbons (Fsp3) is 1.00. The minimum atomic E-state index is -0.00926. The molecule has 0 spiro atoms. The summed E-state index contributed by atoms with van der Waals surface area (Å²) in [5, 5.41) is 9.72. The van der Waals surface area contributed by atoms with Crippen LogP contribution in [-0.4, -0.2) is 11.2 Å². The zero-order valence-corrected chi connectivity index (χ0v) is 7.67. The summed E-state index contributed by atoms with van der Waals surface area (Å²) in [5.74, 6) is 2.23. The Morgan fingerprint density at radius 2 is 1.82 bits per heavy atom. The normalized spacial score (nSPS) is 53.5. The van der Waals surface area contributed by atoms with Gasteiger partial charge in [0.1, 0.15) is 0 Å². The van der Waals surface area contributed by atoms with Crippen LogP contribution in [0.4, 0.5) is 0 Å². The molecule has 0 aromatic heterocycles. The monoisotopic (exact) mass is 154 g/mol. The maximum Gasteiger partial charge on any atom is 0.0576 e. The van der Waals surface area contributed by atoms with Gasteiger partial charge in [0.15, 0.2) is 0 Å². The lowest BCUT2D eigenvalue weighted by atomic mass is 9.45. The third kappa shape index (κ3) is 0.807. The molecule has 1 heteroatoms. The molecule has 0 radical (unpaired) electrons. The molecule has 0 aliphatic heterocycles. The van der Waals surface area contributed by atoms with Crippen molar-refractivity contribution in [3.05, 3.63) is 0 Å². The van der Waals surface area contributed by atoms with Gasteiger partial charge in [-0.05, 0) is 36.0 Å². The predicted octanol–water partition coefficient (Wildman–Crippen LogP) is 2.05. The molecule has 2 bridgehead atoms. The lowest BCUT2D eigenvalue weighted by molar-refractivity contribution is -0.167.